The minimum Gasteiger partial charge on any atom is -0.497 e. The van der Waals surface area contributed by atoms with E-state index >= 15 is 0 Å². The van der Waals surface area contributed by atoms with Crippen LogP contribution < -0.4 is 15.0 Å². The van der Waals surface area contributed by atoms with Gasteiger partial charge in [-0.15, -0.1) is 0 Å². The molecule has 1 saturated heterocycles. The lowest BCUT2D eigenvalue weighted by atomic mass is 10.1. The average molecular weight is 382 g/mol. The smallest absolute Gasteiger partial charge is 0.338 e. The van der Waals surface area contributed by atoms with Gasteiger partial charge in [-0.1, -0.05) is 6.07 Å². The molecule has 3 rings (SSSR count). The lowest BCUT2D eigenvalue weighted by Crippen LogP contribution is -2.28. The molecule has 2 amide bonds. The van der Waals surface area contributed by atoms with Gasteiger partial charge in [-0.05, 0) is 43.3 Å². The van der Waals surface area contributed by atoms with Crippen LogP contribution >= 0.6 is 0 Å². The molecule has 2 aromatic carbocycles. The highest BCUT2D eigenvalue weighted by atomic mass is 16.5. The molecule has 1 atom stereocenters. The Balaban J connectivity index is 1.63. The Kier molecular flexibility index (Phi) is 5.93. The van der Waals surface area contributed by atoms with Crippen LogP contribution in [0.4, 0.5) is 11.4 Å². The van der Waals surface area contributed by atoms with Crippen LogP contribution in [0.25, 0.3) is 0 Å². The second kappa shape index (κ2) is 8.56. The zero-order valence-corrected chi connectivity index (χ0v) is 15.8. The summed E-state index contributed by atoms with van der Waals surface area (Å²) in [7, 11) is 1.56. The second-order valence-electron chi connectivity index (χ2n) is 6.39. The number of methoxy groups -OCH3 is 1. The fourth-order valence-electron chi connectivity index (χ4n) is 3.06. The van der Waals surface area contributed by atoms with E-state index in [0.717, 1.165) is 0 Å². The van der Waals surface area contributed by atoms with E-state index < -0.39 is 11.9 Å². The zero-order valence-electron chi connectivity index (χ0n) is 15.8. The van der Waals surface area contributed by atoms with E-state index in [0.29, 0.717) is 35.8 Å². The van der Waals surface area contributed by atoms with Crippen LogP contribution in [-0.2, 0) is 14.3 Å². The van der Waals surface area contributed by atoms with Crippen molar-refractivity contribution in [2.24, 2.45) is 5.92 Å². The Morgan fingerprint density at radius 3 is 2.61 bits per heavy atom. The summed E-state index contributed by atoms with van der Waals surface area (Å²) in [5, 5.41) is 2.80. The highest BCUT2D eigenvalue weighted by molar-refractivity contribution is 6.03. The van der Waals surface area contributed by atoms with Crippen molar-refractivity contribution in [1.29, 1.82) is 0 Å². The molecule has 0 unspecified atom stereocenters. The van der Waals surface area contributed by atoms with Gasteiger partial charge < -0.3 is 19.7 Å². The molecule has 28 heavy (non-hydrogen) atoms. The molecule has 1 heterocycles. The molecule has 0 radical (unpaired) electrons. The molecule has 0 saturated carbocycles. The molecular weight excluding hydrogens is 360 g/mol. The molecule has 7 heteroatoms. The van der Waals surface area contributed by atoms with Crippen LogP contribution in [0.15, 0.2) is 48.5 Å². The van der Waals surface area contributed by atoms with Gasteiger partial charge in [0.1, 0.15) is 5.75 Å². The van der Waals surface area contributed by atoms with Crippen molar-refractivity contribution in [3.05, 3.63) is 54.1 Å². The van der Waals surface area contributed by atoms with Gasteiger partial charge in [0.2, 0.25) is 11.8 Å². The quantitative estimate of drug-likeness (QED) is 0.777. The van der Waals surface area contributed by atoms with Crippen molar-refractivity contribution in [3.8, 4) is 5.75 Å². The number of nitrogens with zero attached hydrogens (tertiary/aromatic N) is 1. The number of amides is 2. The topological polar surface area (TPSA) is 84.9 Å². The van der Waals surface area contributed by atoms with Gasteiger partial charge in [-0.25, -0.2) is 4.79 Å². The fourth-order valence-corrected chi connectivity index (χ4v) is 3.06. The number of carbonyl (C=O) groups excluding carboxylic acids is 3. The van der Waals surface area contributed by atoms with Gasteiger partial charge >= 0.3 is 5.97 Å². The summed E-state index contributed by atoms with van der Waals surface area (Å²) in [6, 6.07) is 13.7. The molecular formula is C21H22N2O5. The molecule has 146 valence electrons. The minimum absolute atomic E-state index is 0.105. The van der Waals surface area contributed by atoms with Gasteiger partial charge in [0, 0.05) is 30.4 Å². The number of nitrogens with one attached hydrogen (secondary N) is 1. The van der Waals surface area contributed by atoms with E-state index in [4.69, 9.17) is 9.47 Å². The van der Waals surface area contributed by atoms with Crippen molar-refractivity contribution in [1.82, 2.24) is 0 Å². The van der Waals surface area contributed by atoms with Crippen LogP contribution in [0, 0.1) is 5.92 Å². The number of anilines is 2. The first-order valence-corrected chi connectivity index (χ1v) is 9.04. The third-order valence-electron chi connectivity index (χ3n) is 4.52. The SMILES string of the molecule is CCOC(=O)c1ccc(NC(=O)[C@H]2CC(=O)N(c3cccc(OC)c3)C2)cc1. The van der Waals surface area contributed by atoms with Gasteiger partial charge in [-0.3, -0.25) is 9.59 Å². The number of ether oxygens (including phenoxy) is 2. The first kappa shape index (κ1) is 19.4. The summed E-state index contributed by atoms with van der Waals surface area (Å²) in [6.45, 7) is 2.35. The molecule has 0 aromatic heterocycles. The number of hydrogen-bond acceptors (Lipinski definition) is 5. The van der Waals surface area contributed by atoms with Crippen molar-refractivity contribution in [3.63, 3.8) is 0 Å². The summed E-state index contributed by atoms with van der Waals surface area (Å²) in [4.78, 5) is 38.2. The largest absolute Gasteiger partial charge is 0.497 e. The molecule has 7 nitrogen and oxygen atoms in total. The number of benzene rings is 2. The van der Waals surface area contributed by atoms with E-state index in [1.165, 1.54) is 0 Å². The molecule has 2 aromatic rings. The van der Waals surface area contributed by atoms with E-state index in [9.17, 15) is 14.4 Å². The van der Waals surface area contributed by atoms with Crippen LogP contribution in [0.2, 0.25) is 0 Å². The van der Waals surface area contributed by atoms with Crippen molar-refractivity contribution in [2.75, 3.05) is 30.5 Å². The summed E-state index contributed by atoms with van der Waals surface area (Å²) >= 11 is 0. The highest BCUT2D eigenvalue weighted by Crippen LogP contribution is 2.28. The number of rotatable bonds is 6. The standard InChI is InChI=1S/C21H22N2O5/c1-3-28-21(26)14-7-9-16(10-8-14)22-20(25)15-11-19(24)23(13-15)17-5-4-6-18(12-17)27-2/h4-10,12,15H,3,11,13H2,1-2H3,(H,22,25)/t15-/m0/s1. The maximum absolute atomic E-state index is 12.6. The van der Waals surface area contributed by atoms with E-state index in [2.05, 4.69) is 5.32 Å². The number of esters is 1. The lowest BCUT2D eigenvalue weighted by Gasteiger charge is -2.17. The molecule has 0 bridgehead atoms. The second-order valence-corrected chi connectivity index (χ2v) is 6.39. The molecule has 1 fully saturated rings. The van der Waals surface area contributed by atoms with Gasteiger partial charge in [0.15, 0.2) is 0 Å². The summed E-state index contributed by atoms with van der Waals surface area (Å²) in [5.74, 6) is -0.548. The molecule has 1 aliphatic heterocycles. The molecule has 1 aliphatic rings. The van der Waals surface area contributed by atoms with Crippen LogP contribution in [0.1, 0.15) is 23.7 Å². The van der Waals surface area contributed by atoms with Gasteiger partial charge in [0.05, 0.1) is 25.2 Å². The molecule has 1 N–H and O–H groups in total. The normalized spacial score (nSPS) is 16.0. The summed E-state index contributed by atoms with van der Waals surface area (Å²) < 4.78 is 10.1. The summed E-state index contributed by atoms with van der Waals surface area (Å²) in [6.07, 6.45) is 0.143. The zero-order chi connectivity index (χ0) is 20.1. The van der Waals surface area contributed by atoms with Crippen molar-refractivity contribution in [2.45, 2.75) is 13.3 Å². The van der Waals surface area contributed by atoms with E-state index in [1.54, 1.807) is 61.4 Å². The number of hydrogen-bond donors (Lipinski definition) is 1. The van der Waals surface area contributed by atoms with Crippen LogP contribution in [-0.4, -0.2) is 38.0 Å². The highest BCUT2D eigenvalue weighted by Gasteiger charge is 2.35. The van der Waals surface area contributed by atoms with E-state index in [-0.39, 0.29) is 18.2 Å². The van der Waals surface area contributed by atoms with Crippen LogP contribution in [0.3, 0.4) is 0 Å². The Labute approximate surface area is 163 Å². The van der Waals surface area contributed by atoms with Gasteiger partial charge in [0.25, 0.3) is 0 Å². The third kappa shape index (κ3) is 4.31. The first-order chi connectivity index (χ1) is 13.5. The Bertz CT molecular complexity index is 879. The lowest BCUT2D eigenvalue weighted by molar-refractivity contribution is -0.122. The maximum Gasteiger partial charge on any atom is 0.338 e. The third-order valence-corrected chi connectivity index (χ3v) is 4.52. The fraction of sp³-hybridized carbons (Fsp3) is 0.286. The monoisotopic (exact) mass is 382 g/mol. The minimum atomic E-state index is -0.455. The Morgan fingerprint density at radius 2 is 1.93 bits per heavy atom. The van der Waals surface area contributed by atoms with Crippen molar-refractivity contribution >= 4 is 29.2 Å². The predicted octanol–water partition coefficient (Wildman–Crippen LogP) is 2.86. The maximum atomic E-state index is 12.6. The van der Waals surface area contributed by atoms with Crippen molar-refractivity contribution < 1.29 is 23.9 Å². The van der Waals surface area contributed by atoms with Crippen LogP contribution in [0.5, 0.6) is 5.75 Å². The summed E-state index contributed by atoms with van der Waals surface area (Å²) in [5.41, 5.74) is 1.68. The Hall–Kier alpha value is -3.35. The van der Waals surface area contributed by atoms with E-state index in [1.807, 2.05) is 6.07 Å². The Morgan fingerprint density at radius 1 is 1.18 bits per heavy atom. The van der Waals surface area contributed by atoms with Gasteiger partial charge in [-0.2, -0.15) is 0 Å². The first-order valence-electron chi connectivity index (χ1n) is 9.04. The number of carbonyl (C=O) groups is 3. The molecule has 0 aliphatic carbocycles. The average Bonchev–Trinajstić information content (AvgIpc) is 3.10. The molecule has 0 spiro atoms. The predicted molar refractivity (Wildman–Crippen MR) is 104 cm³/mol.